The highest BCUT2D eigenvalue weighted by Gasteiger charge is 2.34. The zero-order valence-corrected chi connectivity index (χ0v) is 12.6. The maximum Gasteiger partial charge on any atom is 0.243 e. The summed E-state index contributed by atoms with van der Waals surface area (Å²) in [6, 6.07) is 2.64. The van der Waals surface area contributed by atoms with E-state index in [1.165, 1.54) is 4.90 Å². The SMILES string of the molecule is Cc1ccc(N)c(S(=O)(=O)NC2CCN(C)C2=O)c1C. The molecule has 1 heterocycles. The van der Waals surface area contributed by atoms with Crippen molar-refractivity contribution in [2.75, 3.05) is 19.3 Å². The zero-order chi connectivity index (χ0) is 15.1. The van der Waals surface area contributed by atoms with Crippen LogP contribution in [0, 0.1) is 13.8 Å². The van der Waals surface area contributed by atoms with E-state index in [0.29, 0.717) is 18.5 Å². The second kappa shape index (κ2) is 5.06. The number of benzene rings is 1. The molecular formula is C13H19N3O3S. The summed E-state index contributed by atoms with van der Waals surface area (Å²) in [7, 11) is -2.15. The molecule has 7 heteroatoms. The number of carbonyl (C=O) groups is 1. The Kier molecular flexibility index (Phi) is 3.75. The number of hydrogen-bond acceptors (Lipinski definition) is 4. The van der Waals surface area contributed by atoms with Gasteiger partial charge in [-0.1, -0.05) is 6.07 Å². The maximum absolute atomic E-state index is 12.5. The van der Waals surface area contributed by atoms with E-state index >= 15 is 0 Å². The molecule has 2 rings (SSSR count). The Labute approximate surface area is 119 Å². The number of nitrogen functional groups attached to an aromatic ring is 1. The van der Waals surface area contributed by atoms with Crippen LogP contribution in [-0.4, -0.2) is 38.9 Å². The van der Waals surface area contributed by atoms with Gasteiger partial charge in [0.2, 0.25) is 15.9 Å². The van der Waals surface area contributed by atoms with Crippen LogP contribution in [0.1, 0.15) is 17.5 Å². The van der Waals surface area contributed by atoms with Gasteiger partial charge < -0.3 is 10.6 Å². The summed E-state index contributed by atoms with van der Waals surface area (Å²) in [6.07, 6.45) is 0.472. The fraction of sp³-hybridized carbons (Fsp3) is 0.462. The Bertz CT molecular complexity index is 655. The predicted octanol–water partition coefficient (Wildman–Crippen LogP) is 0.395. The van der Waals surface area contributed by atoms with Crippen LogP contribution in [0.15, 0.2) is 17.0 Å². The Morgan fingerprint density at radius 2 is 2.00 bits per heavy atom. The van der Waals surface area contributed by atoms with Gasteiger partial charge in [0, 0.05) is 13.6 Å². The Morgan fingerprint density at radius 1 is 1.35 bits per heavy atom. The van der Waals surface area contributed by atoms with E-state index in [1.54, 1.807) is 26.1 Å². The summed E-state index contributed by atoms with van der Waals surface area (Å²) in [6.45, 7) is 4.08. The highest BCUT2D eigenvalue weighted by molar-refractivity contribution is 7.89. The van der Waals surface area contributed by atoms with Crippen molar-refractivity contribution >= 4 is 21.6 Å². The molecule has 6 nitrogen and oxygen atoms in total. The molecule has 3 N–H and O–H groups in total. The topological polar surface area (TPSA) is 92.5 Å². The average molecular weight is 297 g/mol. The molecule has 1 atom stereocenters. The predicted molar refractivity (Wildman–Crippen MR) is 76.7 cm³/mol. The number of anilines is 1. The van der Waals surface area contributed by atoms with Crippen LogP contribution in [0.25, 0.3) is 0 Å². The van der Waals surface area contributed by atoms with E-state index < -0.39 is 16.1 Å². The standard InChI is InChI=1S/C13H19N3O3S/c1-8-4-5-10(14)12(9(8)2)20(18,19)15-11-6-7-16(3)13(11)17/h4-5,11,15H,6-7,14H2,1-3H3. The lowest BCUT2D eigenvalue weighted by atomic mass is 10.1. The monoisotopic (exact) mass is 297 g/mol. The summed E-state index contributed by atoms with van der Waals surface area (Å²) in [5.41, 5.74) is 7.44. The molecular weight excluding hydrogens is 278 g/mol. The van der Waals surface area contributed by atoms with Crippen LogP contribution in [-0.2, 0) is 14.8 Å². The molecule has 110 valence electrons. The molecule has 1 saturated heterocycles. The lowest BCUT2D eigenvalue weighted by Crippen LogP contribution is -2.40. The lowest BCUT2D eigenvalue weighted by molar-refractivity contribution is -0.127. The summed E-state index contributed by atoms with van der Waals surface area (Å²) in [5.74, 6) is -0.211. The van der Waals surface area contributed by atoms with Crippen molar-refractivity contribution in [3.8, 4) is 0 Å². The number of nitrogens with zero attached hydrogens (tertiary/aromatic N) is 1. The average Bonchev–Trinajstić information content (AvgIpc) is 2.65. The smallest absolute Gasteiger partial charge is 0.243 e. The number of sulfonamides is 1. The van der Waals surface area contributed by atoms with Gasteiger partial charge in [-0.25, -0.2) is 8.42 Å². The first-order chi connectivity index (χ1) is 9.24. The minimum Gasteiger partial charge on any atom is -0.398 e. The number of nitrogens with two attached hydrogens (primary N) is 1. The number of aryl methyl sites for hydroxylation is 1. The molecule has 1 aliphatic heterocycles. The molecule has 0 spiro atoms. The van der Waals surface area contributed by atoms with Crippen LogP contribution < -0.4 is 10.5 Å². The van der Waals surface area contributed by atoms with Crippen LogP contribution in [0.2, 0.25) is 0 Å². The molecule has 1 fully saturated rings. The third-order valence-corrected chi connectivity index (χ3v) is 5.37. The van der Waals surface area contributed by atoms with Gasteiger partial charge in [-0.2, -0.15) is 4.72 Å². The van der Waals surface area contributed by atoms with Crippen molar-refractivity contribution in [3.05, 3.63) is 23.3 Å². The third-order valence-electron chi connectivity index (χ3n) is 3.70. The van der Waals surface area contributed by atoms with Crippen molar-refractivity contribution in [1.29, 1.82) is 0 Å². The van der Waals surface area contributed by atoms with Gasteiger partial charge in [0.15, 0.2) is 0 Å². The number of amides is 1. The van der Waals surface area contributed by atoms with Gasteiger partial charge >= 0.3 is 0 Å². The number of hydrogen-bond donors (Lipinski definition) is 2. The number of rotatable bonds is 3. The first-order valence-electron chi connectivity index (χ1n) is 6.37. The maximum atomic E-state index is 12.5. The molecule has 1 unspecified atom stereocenters. The van der Waals surface area contributed by atoms with E-state index in [4.69, 9.17) is 5.73 Å². The summed E-state index contributed by atoms with van der Waals surface area (Å²) < 4.78 is 27.4. The van der Waals surface area contributed by atoms with Crippen LogP contribution in [0.4, 0.5) is 5.69 Å². The molecule has 1 aromatic rings. The molecule has 0 saturated carbocycles. The fourth-order valence-electron chi connectivity index (χ4n) is 2.35. The van der Waals surface area contributed by atoms with Crippen molar-refractivity contribution < 1.29 is 13.2 Å². The number of nitrogens with one attached hydrogen (secondary N) is 1. The Balaban J connectivity index is 2.37. The molecule has 0 bridgehead atoms. The van der Waals surface area contributed by atoms with Gasteiger partial charge in [0.25, 0.3) is 0 Å². The van der Waals surface area contributed by atoms with Crippen LogP contribution in [0.5, 0.6) is 0 Å². The summed E-state index contributed by atoms with van der Waals surface area (Å²) >= 11 is 0. The van der Waals surface area contributed by atoms with Gasteiger partial charge in [-0.05, 0) is 37.5 Å². The first kappa shape index (κ1) is 14.8. The number of likely N-dealkylation sites (N-methyl/N-ethyl adjacent to an activating group) is 1. The van der Waals surface area contributed by atoms with Crippen molar-refractivity contribution in [2.45, 2.75) is 31.2 Å². The zero-order valence-electron chi connectivity index (χ0n) is 11.8. The molecule has 1 aliphatic rings. The normalized spacial score (nSPS) is 19.6. The second-order valence-corrected chi connectivity index (χ2v) is 6.80. The van der Waals surface area contributed by atoms with Crippen molar-refractivity contribution in [3.63, 3.8) is 0 Å². The molecule has 0 aromatic heterocycles. The molecule has 0 aliphatic carbocycles. The Hall–Kier alpha value is -1.60. The van der Waals surface area contributed by atoms with E-state index in [9.17, 15) is 13.2 Å². The quantitative estimate of drug-likeness (QED) is 0.790. The van der Waals surface area contributed by atoms with Crippen molar-refractivity contribution in [2.24, 2.45) is 0 Å². The van der Waals surface area contributed by atoms with Gasteiger partial charge in [-0.3, -0.25) is 4.79 Å². The van der Waals surface area contributed by atoms with E-state index in [-0.39, 0.29) is 16.5 Å². The van der Waals surface area contributed by atoms with E-state index in [1.807, 2.05) is 6.92 Å². The van der Waals surface area contributed by atoms with Crippen LogP contribution in [0.3, 0.4) is 0 Å². The van der Waals surface area contributed by atoms with Crippen molar-refractivity contribution in [1.82, 2.24) is 9.62 Å². The Morgan fingerprint density at radius 3 is 2.55 bits per heavy atom. The minimum absolute atomic E-state index is 0.0693. The largest absolute Gasteiger partial charge is 0.398 e. The summed E-state index contributed by atoms with van der Waals surface area (Å²) in [5, 5.41) is 0. The molecule has 1 aromatic carbocycles. The molecule has 0 radical (unpaired) electrons. The van der Waals surface area contributed by atoms with E-state index in [0.717, 1.165) is 5.56 Å². The van der Waals surface area contributed by atoms with E-state index in [2.05, 4.69) is 4.72 Å². The van der Waals surface area contributed by atoms with Gasteiger partial charge in [-0.15, -0.1) is 0 Å². The fourth-order valence-corrected chi connectivity index (χ4v) is 4.00. The molecule has 20 heavy (non-hydrogen) atoms. The highest BCUT2D eigenvalue weighted by atomic mass is 32.2. The lowest BCUT2D eigenvalue weighted by Gasteiger charge is -2.16. The van der Waals surface area contributed by atoms with Crippen LogP contribution >= 0.6 is 0 Å². The first-order valence-corrected chi connectivity index (χ1v) is 7.85. The highest BCUT2D eigenvalue weighted by Crippen LogP contribution is 2.26. The number of likely N-dealkylation sites (tertiary alicyclic amines) is 1. The number of carbonyl (C=O) groups excluding carboxylic acids is 1. The third kappa shape index (κ3) is 2.51. The second-order valence-electron chi connectivity index (χ2n) is 5.15. The summed E-state index contributed by atoms with van der Waals surface area (Å²) in [4.78, 5) is 13.4. The minimum atomic E-state index is -3.81. The molecule has 1 amide bonds. The van der Waals surface area contributed by atoms with Gasteiger partial charge in [0.1, 0.15) is 10.9 Å². The van der Waals surface area contributed by atoms with Gasteiger partial charge in [0.05, 0.1) is 5.69 Å².